The second-order valence-corrected chi connectivity index (χ2v) is 2.85. The lowest BCUT2D eigenvalue weighted by atomic mass is 10.0. The summed E-state index contributed by atoms with van der Waals surface area (Å²) >= 11 is 0. The number of hydrogen-bond acceptors (Lipinski definition) is 3. The molecule has 0 aromatic carbocycles. The van der Waals surface area contributed by atoms with Crippen molar-refractivity contribution in [3.63, 3.8) is 0 Å². The van der Waals surface area contributed by atoms with E-state index in [0.29, 0.717) is 6.20 Å². The summed E-state index contributed by atoms with van der Waals surface area (Å²) in [5.41, 5.74) is -2.17. The average molecular weight is 230 g/mol. The van der Waals surface area contributed by atoms with E-state index < -0.39 is 35.9 Å². The standard InChI is InChI=1S/C9H5F3N2O2/c10-8(11)7-4(1-6(15)16)3-14-9(12)5(7)2-13/h3,8H,1H2,(H,15,16). The van der Waals surface area contributed by atoms with E-state index in [9.17, 15) is 18.0 Å². The summed E-state index contributed by atoms with van der Waals surface area (Å²) in [4.78, 5) is 13.4. The fourth-order valence-electron chi connectivity index (χ4n) is 1.20. The molecule has 0 unspecified atom stereocenters. The van der Waals surface area contributed by atoms with Crippen molar-refractivity contribution in [2.75, 3.05) is 0 Å². The highest BCUT2D eigenvalue weighted by Gasteiger charge is 2.23. The van der Waals surface area contributed by atoms with Gasteiger partial charge in [0.05, 0.1) is 6.42 Å². The molecule has 1 aromatic rings. The highest BCUT2D eigenvalue weighted by molar-refractivity contribution is 5.71. The van der Waals surface area contributed by atoms with Crippen molar-refractivity contribution < 1.29 is 23.1 Å². The van der Waals surface area contributed by atoms with Gasteiger partial charge in [-0.1, -0.05) is 0 Å². The molecule has 1 aromatic heterocycles. The number of halogens is 3. The van der Waals surface area contributed by atoms with E-state index in [1.54, 1.807) is 0 Å². The maximum Gasteiger partial charge on any atom is 0.307 e. The van der Waals surface area contributed by atoms with Crippen LogP contribution in [0.25, 0.3) is 0 Å². The van der Waals surface area contributed by atoms with Crippen molar-refractivity contribution in [1.29, 1.82) is 5.26 Å². The summed E-state index contributed by atoms with van der Waals surface area (Å²) in [6.07, 6.45) is -3.16. The van der Waals surface area contributed by atoms with Gasteiger partial charge in [0.2, 0.25) is 5.95 Å². The van der Waals surface area contributed by atoms with Crippen molar-refractivity contribution in [1.82, 2.24) is 4.98 Å². The van der Waals surface area contributed by atoms with Crippen molar-refractivity contribution in [3.05, 3.63) is 28.8 Å². The number of carboxylic acid groups (broad SMARTS) is 1. The number of nitrogens with zero attached hydrogens (tertiary/aromatic N) is 2. The summed E-state index contributed by atoms with van der Waals surface area (Å²) < 4.78 is 38.0. The molecule has 0 saturated heterocycles. The van der Waals surface area contributed by atoms with E-state index in [1.165, 1.54) is 6.07 Å². The predicted octanol–water partition coefficient (Wildman–Crippen LogP) is 1.66. The Bertz CT molecular complexity index is 469. The molecule has 84 valence electrons. The summed E-state index contributed by atoms with van der Waals surface area (Å²) in [6.45, 7) is 0. The quantitative estimate of drug-likeness (QED) is 0.801. The van der Waals surface area contributed by atoms with Gasteiger partial charge in [-0.15, -0.1) is 0 Å². The molecule has 0 bridgehead atoms. The topological polar surface area (TPSA) is 74.0 Å². The van der Waals surface area contributed by atoms with Gasteiger partial charge in [-0.05, 0) is 5.56 Å². The van der Waals surface area contributed by atoms with Gasteiger partial charge in [-0.25, -0.2) is 13.8 Å². The fourth-order valence-corrected chi connectivity index (χ4v) is 1.20. The Hall–Kier alpha value is -2.10. The number of aliphatic carboxylic acids is 1. The summed E-state index contributed by atoms with van der Waals surface area (Å²) in [5.74, 6) is -2.69. The van der Waals surface area contributed by atoms with E-state index in [0.717, 1.165) is 0 Å². The lowest BCUT2D eigenvalue weighted by Crippen LogP contribution is -2.08. The molecule has 4 nitrogen and oxygen atoms in total. The first-order valence-corrected chi connectivity index (χ1v) is 4.04. The van der Waals surface area contributed by atoms with Crippen LogP contribution in [0.5, 0.6) is 0 Å². The number of carbonyl (C=O) groups is 1. The number of nitriles is 1. The first-order valence-electron chi connectivity index (χ1n) is 4.04. The first kappa shape index (κ1) is 12.0. The van der Waals surface area contributed by atoms with Crippen LogP contribution in [0.2, 0.25) is 0 Å². The number of rotatable bonds is 3. The van der Waals surface area contributed by atoms with Gasteiger partial charge in [0.15, 0.2) is 0 Å². The van der Waals surface area contributed by atoms with E-state index >= 15 is 0 Å². The Labute approximate surface area is 88.0 Å². The van der Waals surface area contributed by atoms with Gasteiger partial charge < -0.3 is 5.11 Å². The molecule has 0 aliphatic rings. The van der Waals surface area contributed by atoms with Crippen LogP contribution in [0.3, 0.4) is 0 Å². The van der Waals surface area contributed by atoms with Gasteiger partial charge in [-0.3, -0.25) is 4.79 Å². The molecule has 0 aliphatic heterocycles. The number of alkyl halides is 2. The zero-order chi connectivity index (χ0) is 12.3. The minimum atomic E-state index is -3.12. The monoisotopic (exact) mass is 230 g/mol. The fraction of sp³-hybridized carbons (Fsp3) is 0.222. The summed E-state index contributed by atoms with van der Waals surface area (Å²) in [5, 5.41) is 17.0. The van der Waals surface area contributed by atoms with Crippen LogP contribution in [0, 0.1) is 17.3 Å². The molecular formula is C9H5F3N2O2. The number of pyridine rings is 1. The van der Waals surface area contributed by atoms with Crippen LogP contribution in [0.4, 0.5) is 13.2 Å². The second-order valence-electron chi connectivity index (χ2n) is 2.85. The van der Waals surface area contributed by atoms with Crippen LogP contribution in [-0.2, 0) is 11.2 Å². The van der Waals surface area contributed by atoms with Crippen LogP contribution in [0.15, 0.2) is 6.20 Å². The van der Waals surface area contributed by atoms with Crippen LogP contribution in [0.1, 0.15) is 23.1 Å². The Morgan fingerprint density at radius 3 is 2.69 bits per heavy atom. The molecule has 7 heteroatoms. The second kappa shape index (κ2) is 4.61. The number of aromatic nitrogens is 1. The molecule has 0 aliphatic carbocycles. The van der Waals surface area contributed by atoms with Crippen LogP contribution < -0.4 is 0 Å². The minimum absolute atomic E-state index is 0.361. The lowest BCUT2D eigenvalue weighted by Gasteiger charge is -2.08. The molecule has 0 saturated carbocycles. The van der Waals surface area contributed by atoms with Crippen molar-refractivity contribution >= 4 is 5.97 Å². The molecule has 0 fully saturated rings. The molecule has 0 radical (unpaired) electrons. The molecule has 1 rings (SSSR count). The Morgan fingerprint density at radius 2 is 2.25 bits per heavy atom. The Kier molecular flexibility index (Phi) is 3.45. The molecule has 0 amide bonds. The maximum atomic E-state index is 12.9. The highest BCUT2D eigenvalue weighted by atomic mass is 19.3. The highest BCUT2D eigenvalue weighted by Crippen LogP contribution is 2.27. The normalized spacial score (nSPS) is 10.2. The Balaban J connectivity index is 3.40. The van der Waals surface area contributed by atoms with E-state index in [4.69, 9.17) is 10.4 Å². The van der Waals surface area contributed by atoms with Gasteiger partial charge in [0.1, 0.15) is 11.6 Å². The van der Waals surface area contributed by atoms with E-state index in [1.807, 2.05) is 0 Å². The zero-order valence-electron chi connectivity index (χ0n) is 7.75. The smallest absolute Gasteiger partial charge is 0.307 e. The van der Waals surface area contributed by atoms with Crippen molar-refractivity contribution in [2.45, 2.75) is 12.8 Å². The van der Waals surface area contributed by atoms with Gasteiger partial charge in [0.25, 0.3) is 6.43 Å². The maximum absolute atomic E-state index is 12.9. The molecule has 16 heavy (non-hydrogen) atoms. The van der Waals surface area contributed by atoms with Crippen LogP contribution in [-0.4, -0.2) is 16.1 Å². The number of hydrogen-bond donors (Lipinski definition) is 1. The number of carboxylic acids is 1. The van der Waals surface area contributed by atoms with Gasteiger partial charge in [-0.2, -0.15) is 9.65 Å². The molecule has 1 heterocycles. The van der Waals surface area contributed by atoms with E-state index in [2.05, 4.69) is 4.98 Å². The molecule has 0 spiro atoms. The average Bonchev–Trinajstić information content (AvgIpc) is 2.18. The van der Waals surface area contributed by atoms with Gasteiger partial charge in [0, 0.05) is 11.8 Å². The summed E-state index contributed by atoms with van der Waals surface area (Å²) in [7, 11) is 0. The third kappa shape index (κ3) is 2.28. The van der Waals surface area contributed by atoms with Crippen molar-refractivity contribution in [2.24, 2.45) is 0 Å². The predicted molar refractivity (Wildman–Crippen MR) is 45.2 cm³/mol. The lowest BCUT2D eigenvalue weighted by molar-refractivity contribution is -0.136. The Morgan fingerprint density at radius 1 is 1.62 bits per heavy atom. The SMILES string of the molecule is N#Cc1c(F)ncc(CC(=O)O)c1C(F)F. The third-order valence-electron chi connectivity index (χ3n) is 1.83. The third-order valence-corrected chi connectivity index (χ3v) is 1.83. The van der Waals surface area contributed by atoms with Crippen LogP contribution >= 0.6 is 0 Å². The minimum Gasteiger partial charge on any atom is -0.481 e. The van der Waals surface area contributed by atoms with Crippen molar-refractivity contribution in [3.8, 4) is 6.07 Å². The molecular weight excluding hydrogens is 225 g/mol. The molecule has 0 atom stereocenters. The van der Waals surface area contributed by atoms with E-state index in [-0.39, 0.29) is 5.56 Å². The van der Waals surface area contributed by atoms with Gasteiger partial charge >= 0.3 is 5.97 Å². The first-order chi connectivity index (χ1) is 7.47. The molecule has 1 N–H and O–H groups in total. The summed E-state index contributed by atoms with van der Waals surface area (Å²) in [6, 6.07) is 1.25. The zero-order valence-corrected chi connectivity index (χ0v) is 7.75. The largest absolute Gasteiger partial charge is 0.481 e.